The third-order valence-corrected chi connectivity index (χ3v) is 10.3. The summed E-state index contributed by atoms with van der Waals surface area (Å²) in [6, 6.07) is 38.2. The van der Waals surface area contributed by atoms with Crippen LogP contribution in [0.4, 0.5) is 0 Å². The molecule has 0 aliphatic carbocycles. The molecule has 239 valence electrons. The predicted molar refractivity (Wildman–Crippen MR) is 199 cm³/mol. The fourth-order valence-electron chi connectivity index (χ4n) is 6.40. The van der Waals surface area contributed by atoms with E-state index in [0.29, 0.717) is 6.04 Å². The van der Waals surface area contributed by atoms with Crippen LogP contribution < -0.4 is 0 Å². The first-order valence-electron chi connectivity index (χ1n) is 16.0. The Kier molecular flexibility index (Phi) is 8.51. The molecular formula is C42H34IrN4S-2. The molecule has 1 radical (unpaired) electrons. The molecule has 6 aromatic carbocycles. The molecule has 0 spiro atoms. The molecule has 0 atom stereocenters. The average molecular weight is 819 g/mol. The standard InChI is InChI=1S/C28H17N2S.C14H17N2.Ir/c1-30-9-8-29-28(30)19-6-7-26-24(14-19)25-15-22-12-20-10-17-4-2-3-5-18(17)11-21(20)13-23(22)16-27(25)31-26;1-10(2)16-8-7-15-14(16)13-6-5-11(3)12(4)9-13;/h2-5,7-16H,1H3;5,7-10H,1-4H3;/q2*-1;. The third-order valence-electron chi connectivity index (χ3n) is 9.14. The zero-order valence-electron chi connectivity index (χ0n) is 27.5. The van der Waals surface area contributed by atoms with Gasteiger partial charge in [0.25, 0.3) is 0 Å². The molecule has 9 rings (SSSR count). The molecule has 9 aromatic rings. The van der Waals surface area contributed by atoms with E-state index in [2.05, 4.69) is 133 Å². The summed E-state index contributed by atoms with van der Waals surface area (Å²) in [6.45, 7) is 8.54. The van der Waals surface area contributed by atoms with Gasteiger partial charge in [-0.15, -0.1) is 58.7 Å². The van der Waals surface area contributed by atoms with Crippen LogP contribution in [-0.2, 0) is 27.2 Å². The maximum absolute atomic E-state index is 4.50. The molecule has 0 amide bonds. The van der Waals surface area contributed by atoms with Crippen LogP contribution in [0.3, 0.4) is 0 Å². The quantitative estimate of drug-likeness (QED) is 0.131. The molecule has 0 aliphatic rings. The first-order chi connectivity index (χ1) is 22.8. The number of fused-ring (bicyclic) bond motifs is 6. The second kappa shape index (κ2) is 12.8. The van der Waals surface area contributed by atoms with Crippen molar-refractivity contribution < 1.29 is 20.1 Å². The number of aryl methyl sites for hydroxylation is 3. The van der Waals surface area contributed by atoms with E-state index in [-0.39, 0.29) is 20.1 Å². The second-order valence-corrected chi connectivity index (χ2v) is 13.7. The van der Waals surface area contributed by atoms with Crippen molar-refractivity contribution in [3.63, 3.8) is 0 Å². The zero-order valence-corrected chi connectivity index (χ0v) is 30.7. The van der Waals surface area contributed by atoms with Gasteiger partial charge in [0.15, 0.2) is 0 Å². The van der Waals surface area contributed by atoms with Crippen molar-refractivity contribution in [2.24, 2.45) is 7.05 Å². The topological polar surface area (TPSA) is 35.6 Å². The number of aromatic nitrogens is 4. The minimum absolute atomic E-state index is 0. The Bertz CT molecular complexity index is 2610. The number of thiophene rings is 1. The van der Waals surface area contributed by atoms with Crippen LogP contribution in [0, 0.1) is 26.0 Å². The number of imidazole rings is 2. The van der Waals surface area contributed by atoms with E-state index in [1.807, 2.05) is 53.8 Å². The van der Waals surface area contributed by atoms with E-state index < -0.39 is 0 Å². The Morgan fingerprint density at radius 3 is 1.88 bits per heavy atom. The molecule has 48 heavy (non-hydrogen) atoms. The monoisotopic (exact) mass is 819 g/mol. The second-order valence-electron chi connectivity index (χ2n) is 12.6. The van der Waals surface area contributed by atoms with Crippen LogP contribution in [0.1, 0.15) is 31.0 Å². The molecule has 3 heterocycles. The first-order valence-corrected chi connectivity index (χ1v) is 16.8. The van der Waals surface area contributed by atoms with Crippen molar-refractivity contribution >= 4 is 63.8 Å². The van der Waals surface area contributed by atoms with Gasteiger partial charge >= 0.3 is 0 Å². The van der Waals surface area contributed by atoms with Gasteiger partial charge in [0.2, 0.25) is 0 Å². The molecule has 3 aromatic heterocycles. The van der Waals surface area contributed by atoms with Gasteiger partial charge in [-0.3, -0.25) is 9.97 Å². The fourth-order valence-corrected chi connectivity index (χ4v) is 7.50. The summed E-state index contributed by atoms with van der Waals surface area (Å²) in [5, 5.41) is 10.3. The van der Waals surface area contributed by atoms with Gasteiger partial charge in [-0.1, -0.05) is 43.5 Å². The number of hydrogen-bond acceptors (Lipinski definition) is 3. The van der Waals surface area contributed by atoms with Gasteiger partial charge in [0.1, 0.15) is 0 Å². The van der Waals surface area contributed by atoms with E-state index in [0.717, 1.165) is 22.8 Å². The third kappa shape index (κ3) is 5.75. The van der Waals surface area contributed by atoms with Crippen LogP contribution in [0.25, 0.3) is 75.3 Å². The number of rotatable bonds is 3. The van der Waals surface area contributed by atoms with Crippen LogP contribution in [0.15, 0.2) is 110 Å². The van der Waals surface area contributed by atoms with Crippen molar-refractivity contribution in [3.05, 3.63) is 133 Å². The molecule has 0 saturated heterocycles. The summed E-state index contributed by atoms with van der Waals surface area (Å²) >= 11 is 1.84. The molecule has 0 saturated carbocycles. The van der Waals surface area contributed by atoms with Crippen molar-refractivity contribution in [2.45, 2.75) is 33.7 Å². The smallest absolute Gasteiger partial charge is 0.0560 e. The van der Waals surface area contributed by atoms with Gasteiger partial charge in [0.05, 0.1) is 11.6 Å². The van der Waals surface area contributed by atoms with Crippen LogP contribution in [0.2, 0.25) is 0 Å². The summed E-state index contributed by atoms with van der Waals surface area (Å²) < 4.78 is 6.78. The van der Waals surface area contributed by atoms with E-state index in [1.54, 1.807) is 0 Å². The van der Waals surface area contributed by atoms with Crippen molar-refractivity contribution in [3.8, 4) is 22.8 Å². The molecule has 0 N–H and O–H groups in total. The minimum atomic E-state index is 0. The molecular weight excluding hydrogens is 785 g/mol. The summed E-state index contributed by atoms with van der Waals surface area (Å²) in [4.78, 5) is 8.91. The van der Waals surface area contributed by atoms with Crippen LogP contribution in [0.5, 0.6) is 0 Å². The summed E-state index contributed by atoms with van der Waals surface area (Å²) in [5.41, 5.74) is 4.66. The normalized spacial score (nSPS) is 11.5. The number of benzene rings is 6. The largest absolute Gasteiger partial charge is 0.373 e. The van der Waals surface area contributed by atoms with Gasteiger partial charge in [-0.25, -0.2) is 0 Å². The van der Waals surface area contributed by atoms with Crippen LogP contribution >= 0.6 is 11.3 Å². The fraction of sp³-hybridized carbons (Fsp3) is 0.143. The Balaban J connectivity index is 0.000000183. The Labute approximate surface area is 298 Å². The van der Waals surface area contributed by atoms with Crippen molar-refractivity contribution in [1.82, 2.24) is 19.1 Å². The Morgan fingerprint density at radius 2 is 1.21 bits per heavy atom. The van der Waals surface area contributed by atoms with Crippen molar-refractivity contribution in [1.29, 1.82) is 0 Å². The summed E-state index contributed by atoms with van der Waals surface area (Å²) in [6.07, 6.45) is 7.67. The van der Waals surface area contributed by atoms with E-state index in [1.165, 1.54) is 63.6 Å². The molecule has 6 heteroatoms. The van der Waals surface area contributed by atoms with Crippen LogP contribution in [-0.4, -0.2) is 19.1 Å². The van der Waals surface area contributed by atoms with Gasteiger partial charge in [-0.2, -0.15) is 11.3 Å². The first kappa shape index (κ1) is 32.0. The maximum atomic E-state index is 4.50. The minimum Gasteiger partial charge on any atom is -0.373 e. The Hall–Kier alpha value is -4.61. The summed E-state index contributed by atoms with van der Waals surface area (Å²) in [5.74, 6) is 1.94. The van der Waals surface area contributed by atoms with Crippen molar-refractivity contribution in [2.75, 3.05) is 0 Å². The van der Waals surface area contributed by atoms with E-state index in [9.17, 15) is 0 Å². The molecule has 0 bridgehead atoms. The molecule has 0 unspecified atom stereocenters. The van der Waals surface area contributed by atoms with Gasteiger partial charge < -0.3 is 9.13 Å². The maximum Gasteiger partial charge on any atom is 0.0560 e. The average Bonchev–Trinajstić information content (AvgIpc) is 3.82. The zero-order chi connectivity index (χ0) is 32.2. The molecule has 4 nitrogen and oxygen atoms in total. The molecule has 0 aliphatic heterocycles. The Morgan fingerprint density at radius 1 is 0.625 bits per heavy atom. The van der Waals surface area contributed by atoms with Gasteiger partial charge in [0, 0.05) is 62.7 Å². The van der Waals surface area contributed by atoms with E-state index in [4.69, 9.17) is 0 Å². The number of hydrogen-bond donors (Lipinski definition) is 0. The summed E-state index contributed by atoms with van der Waals surface area (Å²) in [7, 11) is 2.02. The predicted octanol–water partition coefficient (Wildman–Crippen LogP) is 11.3. The van der Waals surface area contributed by atoms with E-state index >= 15 is 0 Å². The van der Waals surface area contributed by atoms with Gasteiger partial charge in [-0.05, 0) is 92.6 Å². The SMILES string of the molecule is Cc1c[c-]c(-c2nccn2C(C)C)cc1C.Cn1ccnc1-c1[c-]cc2sc3cc4cc5cc6ccccc6cc5cc4cc3c2c1.[Ir]. The number of nitrogens with zero attached hydrogens (tertiary/aromatic N) is 4. The molecule has 0 fully saturated rings.